The highest BCUT2D eigenvalue weighted by Gasteiger charge is 2.21. The van der Waals surface area contributed by atoms with Crippen LogP contribution in [-0.4, -0.2) is 0 Å². The quantitative estimate of drug-likeness (QED) is 0.169. The standard InChI is InChI=1S/C56H35NO2/c1-3-15-42-36(12-1)14-9-19-43(42)38-26-31-40(32-27-38)57(51-23-7-5-17-46(51)48-21-10-22-49-47-18-6-8-24-52(47)58-56(48)49)41-33-28-39(29-34-41)44-20-11-25-53-54(44)50-35-30-37-13-2-4-16-45(37)55(50)59-53/h1-35H. The second kappa shape index (κ2) is 13.4. The summed E-state index contributed by atoms with van der Waals surface area (Å²) in [6, 6.07) is 75.7. The van der Waals surface area contributed by atoms with Gasteiger partial charge >= 0.3 is 0 Å². The van der Waals surface area contributed by atoms with Crippen LogP contribution in [0.2, 0.25) is 0 Å². The van der Waals surface area contributed by atoms with Crippen LogP contribution in [0.1, 0.15) is 0 Å². The molecule has 3 nitrogen and oxygen atoms in total. The Morgan fingerprint density at radius 2 is 0.814 bits per heavy atom. The van der Waals surface area contributed by atoms with Crippen LogP contribution in [0.3, 0.4) is 0 Å². The fourth-order valence-electron chi connectivity index (χ4n) is 9.13. The molecule has 0 radical (unpaired) electrons. The first-order chi connectivity index (χ1) is 29.3. The molecule has 59 heavy (non-hydrogen) atoms. The summed E-state index contributed by atoms with van der Waals surface area (Å²) in [7, 11) is 0. The Labute approximate surface area is 340 Å². The van der Waals surface area contributed by atoms with Gasteiger partial charge in [0.2, 0.25) is 0 Å². The number of rotatable bonds is 6. The smallest absolute Gasteiger partial charge is 0.143 e. The summed E-state index contributed by atoms with van der Waals surface area (Å²) >= 11 is 0. The van der Waals surface area contributed by atoms with E-state index in [1.54, 1.807) is 0 Å². The number of benzene rings is 10. The third-order valence-electron chi connectivity index (χ3n) is 11.9. The van der Waals surface area contributed by atoms with Crippen LogP contribution in [0, 0.1) is 0 Å². The third kappa shape index (κ3) is 5.36. The molecule has 0 amide bonds. The Hall–Kier alpha value is -7.88. The van der Waals surface area contributed by atoms with Gasteiger partial charge in [0.1, 0.15) is 22.3 Å². The van der Waals surface area contributed by atoms with E-state index in [4.69, 9.17) is 8.83 Å². The van der Waals surface area contributed by atoms with E-state index in [2.05, 4.69) is 205 Å². The molecule has 2 aromatic heterocycles. The van der Waals surface area contributed by atoms with Crippen LogP contribution < -0.4 is 4.90 Å². The predicted molar refractivity (Wildman–Crippen MR) is 247 cm³/mol. The maximum atomic E-state index is 6.61. The highest BCUT2D eigenvalue weighted by molar-refractivity contribution is 6.19. The first-order valence-electron chi connectivity index (χ1n) is 20.1. The minimum Gasteiger partial charge on any atom is -0.455 e. The molecule has 0 fully saturated rings. The van der Waals surface area contributed by atoms with Gasteiger partial charge in [-0.2, -0.15) is 0 Å². The molecule has 0 atom stereocenters. The molecule has 0 saturated carbocycles. The van der Waals surface area contributed by atoms with Gasteiger partial charge in [-0.15, -0.1) is 0 Å². The fourth-order valence-corrected chi connectivity index (χ4v) is 9.13. The van der Waals surface area contributed by atoms with Gasteiger partial charge in [-0.1, -0.05) is 164 Å². The normalized spacial score (nSPS) is 11.7. The van der Waals surface area contributed by atoms with Crippen molar-refractivity contribution in [1.29, 1.82) is 0 Å². The molecule has 3 heteroatoms. The first-order valence-corrected chi connectivity index (χ1v) is 20.1. The predicted octanol–water partition coefficient (Wildman–Crippen LogP) is 16.3. The Morgan fingerprint density at radius 1 is 0.288 bits per heavy atom. The SMILES string of the molecule is c1ccc(N(c2ccc(-c3cccc4ccccc34)cc2)c2ccc(-c3cccc4oc5c6ccccc6ccc5c34)cc2)c(-c2cccc3c2oc2ccccc23)c1. The molecule has 2 heterocycles. The molecular formula is C56H35NO2. The number of para-hydroxylation sites is 3. The van der Waals surface area contributed by atoms with E-state index in [1.807, 2.05) is 12.1 Å². The highest BCUT2D eigenvalue weighted by atomic mass is 16.3. The summed E-state index contributed by atoms with van der Waals surface area (Å²) < 4.78 is 13.2. The van der Waals surface area contributed by atoms with Crippen LogP contribution in [0.15, 0.2) is 221 Å². The van der Waals surface area contributed by atoms with E-state index in [0.29, 0.717) is 0 Å². The van der Waals surface area contributed by atoms with Crippen molar-refractivity contribution >= 4 is 82.5 Å². The second-order valence-corrected chi connectivity index (χ2v) is 15.2. The van der Waals surface area contributed by atoms with Crippen molar-refractivity contribution in [3.05, 3.63) is 212 Å². The summed E-state index contributed by atoms with van der Waals surface area (Å²) in [5.41, 5.74) is 13.5. The Morgan fingerprint density at radius 3 is 1.63 bits per heavy atom. The van der Waals surface area contributed by atoms with Gasteiger partial charge in [0.15, 0.2) is 0 Å². The Balaban J connectivity index is 1.02. The minimum atomic E-state index is 0.885. The van der Waals surface area contributed by atoms with E-state index < -0.39 is 0 Å². The van der Waals surface area contributed by atoms with Crippen molar-refractivity contribution in [2.75, 3.05) is 4.90 Å². The van der Waals surface area contributed by atoms with Gasteiger partial charge in [-0.3, -0.25) is 0 Å². The lowest BCUT2D eigenvalue weighted by molar-refractivity contribution is 0.670. The van der Waals surface area contributed by atoms with E-state index >= 15 is 0 Å². The lowest BCUT2D eigenvalue weighted by atomic mass is 9.96. The first kappa shape index (κ1) is 33.3. The second-order valence-electron chi connectivity index (χ2n) is 15.2. The summed E-state index contributed by atoms with van der Waals surface area (Å²) in [5, 5.41) is 9.26. The number of hydrogen-bond donors (Lipinski definition) is 0. The number of fused-ring (bicyclic) bond motifs is 9. The molecule has 0 saturated heterocycles. The van der Waals surface area contributed by atoms with Gasteiger partial charge in [0.05, 0.1) is 5.69 Å². The van der Waals surface area contributed by atoms with Crippen molar-refractivity contribution in [2.45, 2.75) is 0 Å². The largest absolute Gasteiger partial charge is 0.455 e. The van der Waals surface area contributed by atoms with Crippen LogP contribution in [0.25, 0.3) is 98.8 Å². The zero-order chi connectivity index (χ0) is 38.9. The molecule has 10 aromatic carbocycles. The maximum absolute atomic E-state index is 6.61. The molecule has 0 aliphatic heterocycles. The molecule has 0 aliphatic rings. The summed E-state index contributed by atoms with van der Waals surface area (Å²) in [6.07, 6.45) is 0. The van der Waals surface area contributed by atoms with Crippen LogP contribution in [-0.2, 0) is 0 Å². The number of furan rings is 2. The average molecular weight is 754 g/mol. The van der Waals surface area contributed by atoms with Crippen LogP contribution >= 0.6 is 0 Å². The molecule has 0 spiro atoms. The number of nitrogens with zero attached hydrogens (tertiary/aromatic N) is 1. The summed E-state index contributed by atoms with van der Waals surface area (Å²) in [6.45, 7) is 0. The molecule has 0 unspecified atom stereocenters. The van der Waals surface area contributed by atoms with Gasteiger partial charge in [0.25, 0.3) is 0 Å². The van der Waals surface area contributed by atoms with Crippen molar-refractivity contribution in [2.24, 2.45) is 0 Å². The van der Waals surface area contributed by atoms with Crippen molar-refractivity contribution < 1.29 is 8.83 Å². The van der Waals surface area contributed by atoms with Crippen LogP contribution in [0.4, 0.5) is 17.1 Å². The number of anilines is 3. The molecular weight excluding hydrogens is 719 g/mol. The van der Waals surface area contributed by atoms with Crippen molar-refractivity contribution in [3.63, 3.8) is 0 Å². The molecule has 12 rings (SSSR count). The van der Waals surface area contributed by atoms with Crippen molar-refractivity contribution in [3.8, 4) is 33.4 Å². The summed E-state index contributed by atoms with van der Waals surface area (Å²) in [4.78, 5) is 2.37. The molecule has 276 valence electrons. The van der Waals surface area contributed by atoms with E-state index in [0.717, 1.165) is 88.6 Å². The molecule has 12 aromatic rings. The minimum absolute atomic E-state index is 0.885. The summed E-state index contributed by atoms with van der Waals surface area (Å²) in [5.74, 6) is 0. The van der Waals surface area contributed by atoms with E-state index in [9.17, 15) is 0 Å². The van der Waals surface area contributed by atoms with Gasteiger partial charge in [-0.05, 0) is 86.9 Å². The molecule has 0 N–H and O–H groups in total. The lowest BCUT2D eigenvalue weighted by Crippen LogP contribution is -2.11. The van der Waals surface area contributed by atoms with Crippen LogP contribution in [0.5, 0.6) is 0 Å². The zero-order valence-electron chi connectivity index (χ0n) is 32.0. The fraction of sp³-hybridized carbons (Fsp3) is 0. The average Bonchev–Trinajstić information content (AvgIpc) is 3.89. The monoisotopic (exact) mass is 753 g/mol. The van der Waals surface area contributed by atoms with E-state index in [1.165, 1.54) is 27.3 Å². The Bertz CT molecular complexity index is 3550. The molecule has 0 bridgehead atoms. The van der Waals surface area contributed by atoms with Crippen molar-refractivity contribution in [1.82, 2.24) is 0 Å². The lowest BCUT2D eigenvalue weighted by Gasteiger charge is -2.28. The highest BCUT2D eigenvalue weighted by Crippen LogP contribution is 2.46. The molecule has 0 aliphatic carbocycles. The van der Waals surface area contributed by atoms with Gasteiger partial charge in [0, 0.05) is 49.4 Å². The van der Waals surface area contributed by atoms with Gasteiger partial charge in [-0.25, -0.2) is 0 Å². The Kier molecular flexibility index (Phi) is 7.54. The zero-order valence-corrected chi connectivity index (χ0v) is 32.0. The number of hydrogen-bond acceptors (Lipinski definition) is 3. The third-order valence-corrected chi connectivity index (χ3v) is 11.9. The maximum Gasteiger partial charge on any atom is 0.143 e. The van der Waals surface area contributed by atoms with E-state index in [-0.39, 0.29) is 0 Å². The van der Waals surface area contributed by atoms with Gasteiger partial charge < -0.3 is 13.7 Å². The topological polar surface area (TPSA) is 29.5 Å².